The lowest BCUT2D eigenvalue weighted by molar-refractivity contribution is 0.0509. The average molecular weight is 670 g/mol. The van der Waals surface area contributed by atoms with E-state index in [9.17, 15) is 13.2 Å². The van der Waals surface area contributed by atoms with Gasteiger partial charge in [0.15, 0.2) is 0 Å². The molecule has 3 heterocycles. The summed E-state index contributed by atoms with van der Waals surface area (Å²) in [6.07, 6.45) is 7.56. The number of rotatable bonds is 6. The summed E-state index contributed by atoms with van der Waals surface area (Å²) < 4.78 is 36.2. The predicted molar refractivity (Wildman–Crippen MR) is 185 cm³/mol. The van der Waals surface area contributed by atoms with Crippen molar-refractivity contribution in [3.8, 4) is 17.1 Å². The Balaban J connectivity index is 1.43. The minimum atomic E-state index is -4.17. The number of hydrogen-bond donors (Lipinski definition) is 1. The molecule has 2 aliphatic rings. The van der Waals surface area contributed by atoms with E-state index in [1.54, 1.807) is 35.5 Å². The molecule has 1 saturated carbocycles. The number of carbonyl (C=O) groups is 1. The van der Waals surface area contributed by atoms with Crippen LogP contribution in [-0.2, 0) is 16.6 Å². The fourth-order valence-corrected chi connectivity index (χ4v) is 7.28. The summed E-state index contributed by atoms with van der Waals surface area (Å²) in [4.78, 5) is 36.7. The zero-order chi connectivity index (χ0) is 34.2. The third-order valence-electron chi connectivity index (χ3n) is 9.04. The van der Waals surface area contributed by atoms with Gasteiger partial charge in [-0.3, -0.25) is 9.78 Å². The maximum absolute atomic E-state index is 14.4. The van der Waals surface area contributed by atoms with E-state index in [2.05, 4.69) is 45.3 Å². The van der Waals surface area contributed by atoms with E-state index >= 15 is 0 Å². The van der Waals surface area contributed by atoms with Gasteiger partial charge in [-0.1, -0.05) is 45.0 Å². The number of ether oxygens (including phenoxy) is 1. The molecular formula is C36H43N7O4S. The standard InChI is InChI=1S/C36H43N7O4S/c1-23-10-7-11-24(2)33(23)30-17-32-40-35(39-30)41-48(45,46)29-15-8-12-25(16-29)34(44)43(28(22-47-32)18-36(3,4)5)21-26-19-38-31(20-37-26)42(6)27-13-9-14-27/h7-8,10-12,15-17,19-20,27-28H,9,13-14,18,21-22H2,1-6H3,(H,39,40,41)/t28-/m1/s1. The number of nitrogens with one attached hydrogen (secondary N) is 1. The number of fused-ring (bicyclic) bond motifs is 4. The van der Waals surface area contributed by atoms with E-state index in [1.807, 2.05) is 39.1 Å². The van der Waals surface area contributed by atoms with Crippen LogP contribution in [0.25, 0.3) is 11.3 Å². The molecule has 0 unspecified atom stereocenters. The normalized spacial score (nSPS) is 18.0. The molecule has 12 heteroatoms. The van der Waals surface area contributed by atoms with Crippen LogP contribution in [0.5, 0.6) is 5.88 Å². The number of sulfonamides is 1. The van der Waals surface area contributed by atoms with Crippen LogP contribution in [-0.4, -0.2) is 64.9 Å². The maximum atomic E-state index is 14.4. The number of aromatic nitrogens is 4. The quantitative estimate of drug-likeness (QED) is 0.256. The lowest BCUT2D eigenvalue weighted by Crippen LogP contribution is -2.45. The van der Waals surface area contributed by atoms with Gasteiger partial charge in [-0.15, -0.1) is 0 Å². The minimum Gasteiger partial charge on any atom is -0.475 e. The van der Waals surface area contributed by atoms with E-state index in [1.165, 1.54) is 18.6 Å². The first-order valence-corrected chi connectivity index (χ1v) is 17.8. The number of nitrogens with zero attached hydrogens (tertiary/aromatic N) is 6. The minimum absolute atomic E-state index is 0.0772. The molecule has 4 bridgehead atoms. The van der Waals surface area contributed by atoms with Crippen molar-refractivity contribution in [1.29, 1.82) is 0 Å². The van der Waals surface area contributed by atoms with Crippen molar-refractivity contribution >= 4 is 27.7 Å². The molecule has 0 radical (unpaired) electrons. The van der Waals surface area contributed by atoms with Gasteiger partial charge in [-0.05, 0) is 74.3 Å². The van der Waals surface area contributed by atoms with Gasteiger partial charge in [0, 0.05) is 30.3 Å². The molecule has 1 fully saturated rings. The van der Waals surface area contributed by atoms with Crippen molar-refractivity contribution in [2.75, 3.05) is 23.3 Å². The van der Waals surface area contributed by atoms with Crippen molar-refractivity contribution in [2.24, 2.45) is 5.41 Å². The van der Waals surface area contributed by atoms with Gasteiger partial charge in [0.1, 0.15) is 12.4 Å². The fourth-order valence-electron chi connectivity index (χ4n) is 6.29. The third kappa shape index (κ3) is 7.28. The fraction of sp³-hybridized carbons (Fsp3) is 0.417. The van der Waals surface area contributed by atoms with Gasteiger partial charge in [0.2, 0.25) is 11.8 Å². The highest BCUT2D eigenvalue weighted by Crippen LogP contribution is 2.32. The van der Waals surface area contributed by atoms with Gasteiger partial charge >= 0.3 is 0 Å². The molecule has 4 aromatic rings. The van der Waals surface area contributed by atoms with E-state index < -0.39 is 16.1 Å². The topological polar surface area (TPSA) is 131 Å². The second-order valence-corrected chi connectivity index (χ2v) is 15.7. The number of aryl methyl sites for hydroxylation is 2. The molecule has 1 aliphatic carbocycles. The molecular weight excluding hydrogens is 627 g/mol. The van der Waals surface area contributed by atoms with Crippen molar-refractivity contribution < 1.29 is 17.9 Å². The summed E-state index contributed by atoms with van der Waals surface area (Å²) in [5, 5.41) is 0. The zero-order valence-corrected chi connectivity index (χ0v) is 29.2. The van der Waals surface area contributed by atoms with E-state index in [0.29, 0.717) is 23.9 Å². The molecule has 1 atom stereocenters. The first-order chi connectivity index (χ1) is 22.8. The Morgan fingerprint density at radius 3 is 2.38 bits per heavy atom. The summed E-state index contributed by atoms with van der Waals surface area (Å²) >= 11 is 0. The maximum Gasteiger partial charge on any atom is 0.264 e. The lowest BCUT2D eigenvalue weighted by atomic mass is 9.87. The molecule has 48 heavy (non-hydrogen) atoms. The molecule has 1 amide bonds. The van der Waals surface area contributed by atoms with Gasteiger partial charge < -0.3 is 14.5 Å². The Kier molecular flexibility index (Phi) is 9.12. The second kappa shape index (κ2) is 13.1. The zero-order valence-electron chi connectivity index (χ0n) is 28.4. The molecule has 2 aromatic heterocycles. The molecule has 0 spiro atoms. The third-order valence-corrected chi connectivity index (χ3v) is 10.4. The molecule has 252 valence electrons. The predicted octanol–water partition coefficient (Wildman–Crippen LogP) is 6.18. The SMILES string of the molecule is Cc1cccc(C)c1-c1cc2nc(n1)NS(=O)(=O)c1cccc(c1)C(=O)N(Cc1cnc(N(C)C3CCC3)cn1)[C@H](CC(C)(C)C)CO2. The Hall–Kier alpha value is -4.58. The summed E-state index contributed by atoms with van der Waals surface area (Å²) in [7, 11) is -2.13. The van der Waals surface area contributed by atoms with Gasteiger partial charge in [0.25, 0.3) is 15.9 Å². The highest BCUT2D eigenvalue weighted by atomic mass is 32.2. The van der Waals surface area contributed by atoms with Crippen LogP contribution in [0.3, 0.4) is 0 Å². The molecule has 11 nitrogen and oxygen atoms in total. The largest absolute Gasteiger partial charge is 0.475 e. The Labute approximate surface area is 282 Å². The summed E-state index contributed by atoms with van der Waals surface area (Å²) in [6, 6.07) is 13.7. The van der Waals surface area contributed by atoms with Crippen LogP contribution in [0.1, 0.15) is 73.6 Å². The highest BCUT2D eigenvalue weighted by molar-refractivity contribution is 7.92. The number of hydrogen-bond acceptors (Lipinski definition) is 9. The first kappa shape index (κ1) is 33.3. The first-order valence-electron chi connectivity index (χ1n) is 16.3. The van der Waals surface area contributed by atoms with Crippen molar-refractivity contribution in [1.82, 2.24) is 24.8 Å². The lowest BCUT2D eigenvalue weighted by Gasteiger charge is -2.36. The number of amides is 1. The van der Waals surface area contributed by atoms with Gasteiger partial charge in [-0.2, -0.15) is 4.98 Å². The summed E-state index contributed by atoms with van der Waals surface area (Å²) in [6.45, 7) is 10.6. The number of carbonyl (C=O) groups excluding carboxylic acids is 1. The van der Waals surface area contributed by atoms with E-state index in [-0.39, 0.29) is 46.8 Å². The summed E-state index contributed by atoms with van der Waals surface area (Å²) in [5.41, 5.74) is 4.01. The average Bonchev–Trinajstić information content (AvgIpc) is 3.00. The van der Waals surface area contributed by atoms with Crippen molar-refractivity contribution in [3.63, 3.8) is 0 Å². The van der Waals surface area contributed by atoms with Crippen LogP contribution >= 0.6 is 0 Å². The molecule has 6 rings (SSSR count). The monoisotopic (exact) mass is 669 g/mol. The molecule has 2 aromatic carbocycles. The summed E-state index contributed by atoms with van der Waals surface area (Å²) in [5.74, 6) is 0.531. The van der Waals surface area contributed by atoms with E-state index in [4.69, 9.17) is 9.72 Å². The van der Waals surface area contributed by atoms with Crippen LogP contribution in [0, 0.1) is 19.3 Å². The van der Waals surface area contributed by atoms with E-state index in [0.717, 1.165) is 35.3 Å². The molecule has 1 N–H and O–H groups in total. The van der Waals surface area contributed by atoms with Crippen molar-refractivity contribution in [2.45, 2.75) is 83.8 Å². The van der Waals surface area contributed by atoms with Gasteiger partial charge in [-0.25, -0.2) is 23.1 Å². The molecule has 1 aliphatic heterocycles. The van der Waals surface area contributed by atoms with Gasteiger partial charge in [0.05, 0.1) is 41.3 Å². The Bertz CT molecular complexity index is 1900. The van der Waals surface area contributed by atoms with Crippen LogP contribution < -0.4 is 14.4 Å². The van der Waals surface area contributed by atoms with Crippen LogP contribution in [0.15, 0.2) is 65.8 Å². The van der Waals surface area contributed by atoms with Crippen LogP contribution in [0.4, 0.5) is 11.8 Å². The molecule has 0 saturated heterocycles. The number of anilines is 2. The van der Waals surface area contributed by atoms with Crippen LogP contribution in [0.2, 0.25) is 0 Å². The smallest absolute Gasteiger partial charge is 0.264 e. The van der Waals surface area contributed by atoms with Crippen molar-refractivity contribution in [3.05, 3.63) is 83.3 Å². The second-order valence-electron chi connectivity index (χ2n) is 14.0. The Morgan fingerprint density at radius 2 is 1.73 bits per heavy atom. The highest BCUT2D eigenvalue weighted by Gasteiger charge is 2.32. The number of benzene rings is 2. The Morgan fingerprint density at radius 1 is 1.00 bits per heavy atom.